The van der Waals surface area contributed by atoms with Crippen LogP contribution >= 0.6 is 23.4 Å². The fraction of sp³-hybridized carbons (Fsp3) is 0.0455. The number of hydrazone groups is 1. The maximum Gasteiger partial charge on any atom is 0.250 e. The Morgan fingerprint density at radius 1 is 1.03 bits per heavy atom. The molecular weight excluding hydrogens is 432 g/mol. The first-order valence-corrected chi connectivity index (χ1v) is 10.7. The third kappa shape index (κ3) is 5.36. The third-order valence-corrected chi connectivity index (χ3v) is 5.34. The Bertz CT molecular complexity index is 1180. The van der Waals surface area contributed by atoms with Crippen LogP contribution in [0.3, 0.4) is 0 Å². The fourth-order valence-electron chi connectivity index (χ4n) is 2.74. The Morgan fingerprint density at radius 3 is 2.55 bits per heavy atom. The van der Waals surface area contributed by atoms with Crippen LogP contribution in [0, 0.1) is 0 Å². The maximum absolute atomic E-state index is 12.2. The molecule has 154 valence electrons. The number of halogens is 1. The van der Waals surface area contributed by atoms with Gasteiger partial charge in [0.2, 0.25) is 0 Å². The van der Waals surface area contributed by atoms with Crippen molar-refractivity contribution in [3.8, 4) is 17.1 Å². The second-order valence-corrected chi connectivity index (χ2v) is 7.70. The molecule has 0 aliphatic rings. The number of benzene rings is 2. The van der Waals surface area contributed by atoms with Crippen molar-refractivity contribution in [3.05, 3.63) is 89.7 Å². The summed E-state index contributed by atoms with van der Waals surface area (Å²) < 4.78 is 1.92. The van der Waals surface area contributed by atoms with Gasteiger partial charge in [-0.05, 0) is 48.5 Å². The van der Waals surface area contributed by atoms with Gasteiger partial charge in [-0.15, -0.1) is 10.2 Å². The number of amides is 1. The van der Waals surface area contributed by atoms with E-state index in [-0.39, 0.29) is 11.7 Å². The molecule has 0 saturated heterocycles. The summed E-state index contributed by atoms with van der Waals surface area (Å²) in [4.78, 5) is 16.3. The average Bonchev–Trinajstić information content (AvgIpc) is 3.23. The molecule has 1 N–H and O–H groups in total. The van der Waals surface area contributed by atoms with Crippen molar-refractivity contribution in [3.63, 3.8) is 0 Å². The number of nitrogens with zero attached hydrogens (tertiary/aromatic N) is 5. The summed E-state index contributed by atoms with van der Waals surface area (Å²) in [5.41, 5.74) is 4.93. The number of nitrogens with one attached hydrogen (secondary N) is 1. The van der Waals surface area contributed by atoms with Gasteiger partial charge in [-0.2, -0.15) is 5.10 Å². The van der Waals surface area contributed by atoms with E-state index in [0.29, 0.717) is 21.7 Å². The number of carbonyl (C=O) groups is 1. The van der Waals surface area contributed by atoms with E-state index in [4.69, 9.17) is 11.6 Å². The SMILES string of the molecule is O=C(CSc1nnc(-c2ccc(Cl)cc2)n1-c1ccccc1)N/N=C/c1ccccn1. The van der Waals surface area contributed by atoms with Crippen LogP contribution in [0.15, 0.2) is 89.3 Å². The van der Waals surface area contributed by atoms with Crippen LogP contribution in [0.4, 0.5) is 0 Å². The molecule has 0 fully saturated rings. The lowest BCUT2D eigenvalue weighted by Gasteiger charge is -2.10. The lowest BCUT2D eigenvalue weighted by Crippen LogP contribution is -2.20. The summed E-state index contributed by atoms with van der Waals surface area (Å²) in [6, 6.07) is 22.6. The number of hydrogen-bond donors (Lipinski definition) is 1. The second kappa shape index (κ2) is 10.0. The van der Waals surface area contributed by atoms with Crippen molar-refractivity contribution in [2.24, 2.45) is 5.10 Å². The first-order valence-electron chi connectivity index (χ1n) is 9.33. The lowest BCUT2D eigenvalue weighted by atomic mass is 10.2. The minimum absolute atomic E-state index is 0.130. The summed E-state index contributed by atoms with van der Waals surface area (Å²) in [6.07, 6.45) is 3.15. The van der Waals surface area contributed by atoms with Crippen molar-refractivity contribution in [1.82, 2.24) is 25.2 Å². The van der Waals surface area contributed by atoms with E-state index in [0.717, 1.165) is 11.3 Å². The molecule has 0 aliphatic carbocycles. The van der Waals surface area contributed by atoms with Crippen LogP contribution in [0.1, 0.15) is 5.69 Å². The van der Waals surface area contributed by atoms with Crippen LogP contribution in [-0.2, 0) is 4.79 Å². The third-order valence-electron chi connectivity index (χ3n) is 4.16. The van der Waals surface area contributed by atoms with Crippen molar-refractivity contribution in [1.29, 1.82) is 0 Å². The number of para-hydroxylation sites is 1. The van der Waals surface area contributed by atoms with Crippen molar-refractivity contribution in [2.45, 2.75) is 5.16 Å². The van der Waals surface area contributed by atoms with Gasteiger partial charge in [0.1, 0.15) is 0 Å². The van der Waals surface area contributed by atoms with E-state index in [1.54, 1.807) is 24.4 Å². The zero-order valence-corrected chi connectivity index (χ0v) is 17.8. The molecule has 0 bridgehead atoms. The highest BCUT2D eigenvalue weighted by molar-refractivity contribution is 7.99. The van der Waals surface area contributed by atoms with Gasteiger partial charge in [-0.25, -0.2) is 5.43 Å². The minimum atomic E-state index is -0.257. The Balaban J connectivity index is 1.51. The van der Waals surface area contributed by atoms with Gasteiger partial charge in [-0.1, -0.05) is 47.6 Å². The molecule has 31 heavy (non-hydrogen) atoms. The highest BCUT2D eigenvalue weighted by Crippen LogP contribution is 2.28. The number of carbonyl (C=O) groups excluding carboxylic acids is 1. The summed E-state index contributed by atoms with van der Waals surface area (Å²) in [7, 11) is 0. The molecular formula is C22H17ClN6OS. The van der Waals surface area contributed by atoms with Gasteiger partial charge < -0.3 is 0 Å². The molecule has 4 rings (SSSR count). The Hall–Kier alpha value is -3.49. The predicted octanol–water partition coefficient (Wildman–Crippen LogP) is 4.23. The monoisotopic (exact) mass is 448 g/mol. The Labute approximate surface area is 188 Å². The van der Waals surface area contributed by atoms with E-state index in [1.807, 2.05) is 59.2 Å². The quantitative estimate of drug-likeness (QED) is 0.260. The molecule has 0 aliphatic heterocycles. The molecule has 0 radical (unpaired) electrons. The van der Waals surface area contributed by atoms with E-state index in [9.17, 15) is 4.79 Å². The highest BCUT2D eigenvalue weighted by atomic mass is 35.5. The van der Waals surface area contributed by atoms with Crippen molar-refractivity contribution >= 4 is 35.5 Å². The number of aromatic nitrogens is 4. The molecule has 7 nitrogen and oxygen atoms in total. The molecule has 0 atom stereocenters. The summed E-state index contributed by atoms with van der Waals surface area (Å²) in [5.74, 6) is 0.539. The van der Waals surface area contributed by atoms with Crippen LogP contribution in [0.5, 0.6) is 0 Å². The zero-order chi connectivity index (χ0) is 21.5. The largest absolute Gasteiger partial charge is 0.272 e. The number of thioether (sulfide) groups is 1. The highest BCUT2D eigenvalue weighted by Gasteiger charge is 2.17. The number of hydrogen-bond acceptors (Lipinski definition) is 6. The Morgan fingerprint density at radius 2 is 1.81 bits per heavy atom. The minimum Gasteiger partial charge on any atom is -0.272 e. The van der Waals surface area contributed by atoms with E-state index in [2.05, 4.69) is 25.7 Å². The molecule has 9 heteroatoms. The molecule has 1 amide bonds. The molecule has 0 unspecified atom stereocenters. The molecule has 0 spiro atoms. The van der Waals surface area contributed by atoms with Gasteiger partial charge >= 0.3 is 0 Å². The van der Waals surface area contributed by atoms with Gasteiger partial charge in [0.15, 0.2) is 11.0 Å². The maximum atomic E-state index is 12.2. The average molecular weight is 449 g/mol. The van der Waals surface area contributed by atoms with E-state index >= 15 is 0 Å². The van der Waals surface area contributed by atoms with Gasteiger partial charge in [-0.3, -0.25) is 14.3 Å². The topological polar surface area (TPSA) is 85.1 Å². The molecule has 2 aromatic heterocycles. The van der Waals surface area contributed by atoms with E-state index < -0.39 is 0 Å². The standard InChI is InChI=1S/C22H17ClN6OS/c23-17-11-9-16(10-12-17)21-27-28-22(29(21)19-7-2-1-3-8-19)31-15-20(30)26-25-14-18-6-4-5-13-24-18/h1-14H,15H2,(H,26,30)/b25-14+. The molecule has 4 aromatic rings. The van der Waals surface area contributed by atoms with Crippen molar-refractivity contribution < 1.29 is 4.79 Å². The molecule has 0 saturated carbocycles. The summed E-state index contributed by atoms with van der Waals surface area (Å²) >= 11 is 7.30. The van der Waals surface area contributed by atoms with Crippen LogP contribution < -0.4 is 5.43 Å². The molecule has 2 aromatic carbocycles. The second-order valence-electron chi connectivity index (χ2n) is 6.32. The van der Waals surface area contributed by atoms with Gasteiger partial charge in [0.05, 0.1) is 17.7 Å². The summed E-state index contributed by atoms with van der Waals surface area (Å²) in [6.45, 7) is 0. The number of pyridine rings is 1. The first-order chi connectivity index (χ1) is 15.2. The fourth-order valence-corrected chi connectivity index (χ4v) is 3.61. The smallest absolute Gasteiger partial charge is 0.250 e. The van der Waals surface area contributed by atoms with Gasteiger partial charge in [0, 0.05) is 22.5 Å². The number of rotatable bonds is 7. The summed E-state index contributed by atoms with van der Waals surface area (Å²) in [5, 5.41) is 13.8. The van der Waals surface area contributed by atoms with Crippen LogP contribution in [0.2, 0.25) is 5.02 Å². The van der Waals surface area contributed by atoms with Crippen LogP contribution in [0.25, 0.3) is 17.1 Å². The van der Waals surface area contributed by atoms with E-state index in [1.165, 1.54) is 18.0 Å². The van der Waals surface area contributed by atoms with Gasteiger partial charge in [0.25, 0.3) is 5.91 Å². The predicted molar refractivity (Wildman–Crippen MR) is 123 cm³/mol. The van der Waals surface area contributed by atoms with Crippen LogP contribution in [-0.4, -0.2) is 37.6 Å². The first kappa shape index (κ1) is 20.8. The van der Waals surface area contributed by atoms with Crippen molar-refractivity contribution in [2.75, 3.05) is 5.75 Å². The normalized spacial score (nSPS) is 11.0. The Kier molecular flexibility index (Phi) is 6.71. The molecule has 2 heterocycles. The zero-order valence-electron chi connectivity index (χ0n) is 16.2. The lowest BCUT2D eigenvalue weighted by molar-refractivity contribution is -0.118.